The predicted molar refractivity (Wildman–Crippen MR) is 65.6 cm³/mol. The molecule has 3 atom stereocenters. The summed E-state index contributed by atoms with van der Waals surface area (Å²) in [4.78, 5) is 22.3. The van der Waals surface area contributed by atoms with Gasteiger partial charge in [-0.15, -0.1) is 0 Å². The highest BCUT2D eigenvalue weighted by molar-refractivity contribution is 5.78. The van der Waals surface area contributed by atoms with Crippen LogP contribution in [-0.2, 0) is 14.3 Å². The van der Waals surface area contributed by atoms with Gasteiger partial charge < -0.3 is 20.9 Å². The zero-order chi connectivity index (χ0) is 13.5. The Bertz CT molecular complexity index is 296. The maximum Gasteiger partial charge on any atom is 0.308 e. The molecule has 1 amide bonds. The monoisotopic (exact) mass is 258 g/mol. The van der Waals surface area contributed by atoms with E-state index >= 15 is 0 Å². The molecule has 1 saturated carbocycles. The normalized spacial score (nSPS) is 25.4. The van der Waals surface area contributed by atoms with Gasteiger partial charge in [0.25, 0.3) is 0 Å². The summed E-state index contributed by atoms with van der Waals surface area (Å²) in [6.45, 7) is 2.32. The van der Waals surface area contributed by atoms with E-state index in [1.165, 1.54) is 0 Å². The van der Waals surface area contributed by atoms with E-state index in [0.29, 0.717) is 13.0 Å². The first kappa shape index (κ1) is 14.9. The van der Waals surface area contributed by atoms with Gasteiger partial charge in [0.1, 0.15) is 6.10 Å². The standard InChI is InChI=1S/C12H22N2O4/c1-2-18-12(17)8-4-3-5-9(6-8)14-7-10(15)11(13)16/h8-10,14-15H,2-7H2,1H3,(H2,13,16). The molecule has 0 aromatic carbocycles. The number of nitrogens with two attached hydrogens (primary N) is 1. The molecule has 0 heterocycles. The number of amides is 1. The van der Waals surface area contributed by atoms with Crippen LogP contribution in [0.4, 0.5) is 0 Å². The van der Waals surface area contributed by atoms with Gasteiger partial charge in [0.15, 0.2) is 0 Å². The molecule has 6 nitrogen and oxygen atoms in total. The fourth-order valence-corrected chi connectivity index (χ4v) is 2.23. The maximum atomic E-state index is 11.6. The molecule has 1 rings (SSSR count). The van der Waals surface area contributed by atoms with Gasteiger partial charge >= 0.3 is 5.97 Å². The van der Waals surface area contributed by atoms with E-state index in [9.17, 15) is 14.7 Å². The van der Waals surface area contributed by atoms with Crippen molar-refractivity contribution in [2.45, 2.75) is 44.8 Å². The Kier molecular flexibility index (Phi) is 6.07. The van der Waals surface area contributed by atoms with Crippen LogP contribution in [0.3, 0.4) is 0 Å². The lowest BCUT2D eigenvalue weighted by atomic mass is 9.85. The topological polar surface area (TPSA) is 102 Å². The van der Waals surface area contributed by atoms with E-state index in [-0.39, 0.29) is 24.5 Å². The van der Waals surface area contributed by atoms with E-state index in [1.807, 2.05) is 0 Å². The van der Waals surface area contributed by atoms with Gasteiger partial charge in [-0.05, 0) is 26.2 Å². The Labute approximate surface area is 107 Å². The number of carbonyl (C=O) groups excluding carboxylic acids is 2. The minimum atomic E-state index is -1.17. The highest BCUT2D eigenvalue weighted by Gasteiger charge is 2.28. The maximum absolute atomic E-state index is 11.6. The van der Waals surface area contributed by atoms with Gasteiger partial charge in [0.2, 0.25) is 5.91 Å². The molecular weight excluding hydrogens is 236 g/mol. The molecule has 0 saturated heterocycles. The summed E-state index contributed by atoms with van der Waals surface area (Å²) in [5.74, 6) is -0.971. The van der Waals surface area contributed by atoms with Crippen molar-refractivity contribution in [3.63, 3.8) is 0 Å². The number of aliphatic hydroxyl groups excluding tert-OH is 1. The first-order valence-corrected chi connectivity index (χ1v) is 6.42. The van der Waals surface area contributed by atoms with Crippen LogP contribution in [0.2, 0.25) is 0 Å². The van der Waals surface area contributed by atoms with Crippen molar-refractivity contribution in [3.05, 3.63) is 0 Å². The van der Waals surface area contributed by atoms with Gasteiger partial charge in [-0.1, -0.05) is 6.42 Å². The molecule has 1 aliphatic rings. The number of hydrogen-bond acceptors (Lipinski definition) is 5. The van der Waals surface area contributed by atoms with Crippen molar-refractivity contribution in [1.82, 2.24) is 5.32 Å². The Morgan fingerprint density at radius 1 is 1.50 bits per heavy atom. The zero-order valence-corrected chi connectivity index (χ0v) is 10.7. The number of esters is 1. The lowest BCUT2D eigenvalue weighted by molar-refractivity contribution is -0.149. The van der Waals surface area contributed by atoms with Crippen molar-refractivity contribution >= 4 is 11.9 Å². The Morgan fingerprint density at radius 3 is 2.83 bits per heavy atom. The van der Waals surface area contributed by atoms with Gasteiger partial charge in [-0.2, -0.15) is 0 Å². The van der Waals surface area contributed by atoms with Crippen molar-refractivity contribution in [3.8, 4) is 0 Å². The van der Waals surface area contributed by atoms with Crippen LogP contribution in [0, 0.1) is 5.92 Å². The first-order valence-electron chi connectivity index (χ1n) is 6.42. The van der Waals surface area contributed by atoms with Gasteiger partial charge in [0.05, 0.1) is 12.5 Å². The van der Waals surface area contributed by atoms with Gasteiger partial charge in [-0.25, -0.2) is 0 Å². The van der Waals surface area contributed by atoms with Crippen molar-refractivity contribution < 1.29 is 19.4 Å². The summed E-state index contributed by atoms with van der Waals surface area (Å²) in [7, 11) is 0. The summed E-state index contributed by atoms with van der Waals surface area (Å²) < 4.78 is 5.00. The van der Waals surface area contributed by atoms with Gasteiger partial charge in [-0.3, -0.25) is 9.59 Å². The first-order chi connectivity index (χ1) is 8.54. The Morgan fingerprint density at radius 2 is 2.22 bits per heavy atom. The number of primary amides is 1. The summed E-state index contributed by atoms with van der Waals surface area (Å²) in [5.41, 5.74) is 4.96. The van der Waals surface area contributed by atoms with E-state index in [2.05, 4.69) is 5.32 Å². The molecule has 0 radical (unpaired) electrons. The van der Waals surface area contributed by atoms with Crippen LogP contribution in [0.25, 0.3) is 0 Å². The number of nitrogens with one attached hydrogen (secondary N) is 1. The summed E-state index contributed by atoms with van der Waals surface area (Å²) in [6, 6.07) is 0.127. The molecule has 3 unspecified atom stereocenters. The number of ether oxygens (including phenoxy) is 1. The highest BCUT2D eigenvalue weighted by atomic mass is 16.5. The van der Waals surface area contributed by atoms with Crippen molar-refractivity contribution in [1.29, 1.82) is 0 Å². The molecule has 0 aromatic rings. The van der Waals surface area contributed by atoms with Crippen LogP contribution in [0.1, 0.15) is 32.6 Å². The second-order valence-electron chi connectivity index (χ2n) is 4.64. The van der Waals surface area contributed by atoms with Crippen molar-refractivity contribution in [2.24, 2.45) is 11.7 Å². The van der Waals surface area contributed by atoms with Gasteiger partial charge in [0, 0.05) is 12.6 Å². The third-order valence-electron chi connectivity index (χ3n) is 3.22. The number of hydrogen-bond donors (Lipinski definition) is 3. The van der Waals surface area contributed by atoms with Crippen LogP contribution in [-0.4, -0.2) is 42.3 Å². The van der Waals surface area contributed by atoms with Crippen LogP contribution in [0.5, 0.6) is 0 Å². The van der Waals surface area contributed by atoms with E-state index in [4.69, 9.17) is 10.5 Å². The fourth-order valence-electron chi connectivity index (χ4n) is 2.23. The van der Waals surface area contributed by atoms with E-state index < -0.39 is 12.0 Å². The number of carbonyl (C=O) groups is 2. The summed E-state index contributed by atoms with van der Waals surface area (Å²) >= 11 is 0. The second kappa shape index (κ2) is 7.33. The average molecular weight is 258 g/mol. The average Bonchev–Trinajstić information content (AvgIpc) is 2.36. The third-order valence-corrected chi connectivity index (χ3v) is 3.22. The molecule has 0 bridgehead atoms. The van der Waals surface area contributed by atoms with Crippen LogP contribution in [0.15, 0.2) is 0 Å². The summed E-state index contributed by atoms with van der Waals surface area (Å²) in [5, 5.41) is 12.4. The zero-order valence-electron chi connectivity index (χ0n) is 10.7. The van der Waals surface area contributed by atoms with Crippen LogP contribution >= 0.6 is 0 Å². The minimum absolute atomic E-state index is 0.0816. The summed E-state index contributed by atoms with van der Waals surface area (Å²) in [6.07, 6.45) is 2.22. The minimum Gasteiger partial charge on any atom is -0.466 e. The largest absolute Gasteiger partial charge is 0.466 e. The predicted octanol–water partition coefficient (Wildman–Crippen LogP) is -0.456. The molecule has 1 aliphatic carbocycles. The third kappa shape index (κ3) is 4.62. The molecule has 4 N–H and O–H groups in total. The van der Waals surface area contributed by atoms with E-state index in [1.54, 1.807) is 6.92 Å². The Balaban J connectivity index is 2.35. The lowest BCUT2D eigenvalue weighted by Gasteiger charge is -2.28. The number of rotatable bonds is 6. The quantitative estimate of drug-likeness (QED) is 0.560. The lowest BCUT2D eigenvalue weighted by Crippen LogP contribution is -2.44. The molecule has 0 spiro atoms. The molecule has 1 fully saturated rings. The Hall–Kier alpha value is -1.14. The van der Waals surface area contributed by atoms with E-state index in [0.717, 1.165) is 19.3 Å². The molecule has 0 aromatic heterocycles. The smallest absolute Gasteiger partial charge is 0.308 e. The van der Waals surface area contributed by atoms with Crippen LogP contribution < -0.4 is 11.1 Å². The molecule has 6 heteroatoms. The SMILES string of the molecule is CCOC(=O)C1CCCC(NCC(O)C(N)=O)C1. The molecule has 104 valence electrons. The van der Waals surface area contributed by atoms with Crippen molar-refractivity contribution in [2.75, 3.05) is 13.2 Å². The molecular formula is C12H22N2O4. The second-order valence-corrected chi connectivity index (χ2v) is 4.64. The molecule has 0 aliphatic heterocycles. The molecule has 18 heavy (non-hydrogen) atoms. The highest BCUT2D eigenvalue weighted by Crippen LogP contribution is 2.25. The fraction of sp³-hybridized carbons (Fsp3) is 0.833. The number of aliphatic hydroxyl groups is 1.